The maximum atomic E-state index is 12.5. The zero-order chi connectivity index (χ0) is 23.2. The number of furan rings is 1. The molecule has 0 radical (unpaired) electrons. The summed E-state index contributed by atoms with van der Waals surface area (Å²) in [6, 6.07) is 19.2. The summed E-state index contributed by atoms with van der Waals surface area (Å²) in [5.74, 6) is 1.83. The molecule has 0 fully saturated rings. The Bertz CT molecular complexity index is 1200. The molecular weight excluding hydrogens is 482 g/mol. The second-order valence-electron chi connectivity index (χ2n) is 7.94. The van der Waals surface area contributed by atoms with Crippen LogP contribution in [0.15, 0.2) is 81.9 Å². The molecule has 1 unspecified atom stereocenters. The van der Waals surface area contributed by atoms with Gasteiger partial charge in [0.15, 0.2) is 5.76 Å². The Morgan fingerprint density at radius 1 is 1.12 bits per heavy atom. The molecule has 0 bridgehead atoms. The predicted octanol–water partition coefficient (Wildman–Crippen LogP) is 6.63. The largest absolute Gasteiger partial charge is 0.486 e. The number of anilines is 1. The van der Waals surface area contributed by atoms with Crippen LogP contribution in [0.5, 0.6) is 5.75 Å². The van der Waals surface area contributed by atoms with Crippen LogP contribution in [0.3, 0.4) is 0 Å². The first-order chi connectivity index (χ1) is 16.0. The quantitative estimate of drug-likeness (QED) is 0.276. The third-order valence-electron chi connectivity index (χ3n) is 5.49. The summed E-state index contributed by atoms with van der Waals surface area (Å²) < 4.78 is 14.2. The van der Waals surface area contributed by atoms with E-state index in [2.05, 4.69) is 52.3 Å². The number of carbonyl (C=O) groups excluding carboxylic acids is 1. The van der Waals surface area contributed by atoms with Crippen LogP contribution < -0.4 is 10.1 Å². The number of nitrogens with zero attached hydrogens (tertiary/aromatic N) is 2. The van der Waals surface area contributed by atoms with Gasteiger partial charge >= 0.3 is 0 Å². The van der Waals surface area contributed by atoms with Gasteiger partial charge in [-0.3, -0.25) is 9.48 Å². The van der Waals surface area contributed by atoms with Gasteiger partial charge in [-0.1, -0.05) is 38.1 Å². The zero-order valence-corrected chi connectivity index (χ0v) is 20.2. The molecule has 33 heavy (non-hydrogen) atoms. The lowest BCUT2D eigenvalue weighted by molar-refractivity contribution is 0.0992. The number of aromatic nitrogens is 2. The fraction of sp³-hybridized carbons (Fsp3) is 0.231. The van der Waals surface area contributed by atoms with Gasteiger partial charge in [0, 0.05) is 11.9 Å². The van der Waals surface area contributed by atoms with Gasteiger partial charge in [-0.2, -0.15) is 5.10 Å². The number of amides is 1. The molecule has 0 spiro atoms. The van der Waals surface area contributed by atoms with Crippen molar-refractivity contribution in [1.82, 2.24) is 9.78 Å². The van der Waals surface area contributed by atoms with E-state index in [1.54, 1.807) is 18.3 Å². The lowest BCUT2D eigenvalue weighted by atomic mass is 9.99. The molecule has 0 saturated heterocycles. The Kier molecular flexibility index (Phi) is 7.29. The van der Waals surface area contributed by atoms with Gasteiger partial charge in [0.2, 0.25) is 0 Å². The average Bonchev–Trinajstić information content (AvgIpc) is 3.48. The highest BCUT2D eigenvalue weighted by Gasteiger charge is 2.12. The number of hydrogen-bond acceptors (Lipinski definition) is 4. The standard InChI is InChI=1S/C26H26BrN3O3/c1-3-18(2)20-6-10-23(11-7-20)32-17-24-12-13-25(33-24)26(31)29-22-8-4-19(5-9-22)15-30-16-21(27)14-28-30/h4-14,16,18H,3,15,17H2,1-2H3,(H,29,31). The highest BCUT2D eigenvalue weighted by Crippen LogP contribution is 2.22. The third kappa shape index (κ3) is 6.14. The molecule has 0 aliphatic carbocycles. The van der Waals surface area contributed by atoms with Crippen LogP contribution in [0.2, 0.25) is 0 Å². The highest BCUT2D eigenvalue weighted by molar-refractivity contribution is 9.10. The van der Waals surface area contributed by atoms with E-state index in [4.69, 9.17) is 9.15 Å². The monoisotopic (exact) mass is 507 g/mol. The van der Waals surface area contributed by atoms with Crippen molar-refractivity contribution in [3.8, 4) is 5.75 Å². The normalized spacial score (nSPS) is 11.8. The van der Waals surface area contributed by atoms with Crippen LogP contribution in [0, 0.1) is 0 Å². The van der Waals surface area contributed by atoms with E-state index in [0.717, 1.165) is 22.2 Å². The summed E-state index contributed by atoms with van der Waals surface area (Å²) in [5.41, 5.74) is 3.07. The number of rotatable bonds is 9. The Morgan fingerprint density at radius 2 is 1.88 bits per heavy atom. The van der Waals surface area contributed by atoms with Crippen molar-refractivity contribution in [3.63, 3.8) is 0 Å². The molecule has 0 aliphatic rings. The molecule has 1 atom stereocenters. The zero-order valence-electron chi connectivity index (χ0n) is 18.6. The molecule has 0 saturated carbocycles. The molecule has 4 aromatic rings. The van der Waals surface area contributed by atoms with Crippen molar-refractivity contribution in [2.75, 3.05) is 5.32 Å². The van der Waals surface area contributed by atoms with Crippen LogP contribution in [0.25, 0.3) is 0 Å². The summed E-state index contributed by atoms with van der Waals surface area (Å²) in [4.78, 5) is 12.5. The first kappa shape index (κ1) is 22.9. The van der Waals surface area contributed by atoms with Gasteiger partial charge in [0.25, 0.3) is 5.91 Å². The third-order valence-corrected chi connectivity index (χ3v) is 5.90. The van der Waals surface area contributed by atoms with E-state index in [-0.39, 0.29) is 18.3 Å². The van der Waals surface area contributed by atoms with Gasteiger partial charge in [0.1, 0.15) is 18.1 Å². The fourth-order valence-electron chi connectivity index (χ4n) is 3.36. The van der Waals surface area contributed by atoms with Crippen molar-refractivity contribution in [1.29, 1.82) is 0 Å². The molecule has 1 amide bonds. The van der Waals surface area contributed by atoms with Gasteiger partial charge in [0.05, 0.1) is 17.2 Å². The van der Waals surface area contributed by atoms with E-state index < -0.39 is 0 Å². The molecule has 4 rings (SSSR count). The van der Waals surface area contributed by atoms with Crippen molar-refractivity contribution in [2.45, 2.75) is 39.3 Å². The molecule has 2 aromatic carbocycles. The van der Waals surface area contributed by atoms with E-state index >= 15 is 0 Å². The number of benzene rings is 2. The van der Waals surface area contributed by atoms with Crippen molar-refractivity contribution in [2.24, 2.45) is 0 Å². The second-order valence-corrected chi connectivity index (χ2v) is 8.86. The minimum absolute atomic E-state index is 0.242. The summed E-state index contributed by atoms with van der Waals surface area (Å²) in [5, 5.41) is 7.11. The van der Waals surface area contributed by atoms with Crippen molar-refractivity contribution < 1.29 is 13.9 Å². The first-order valence-corrected chi connectivity index (χ1v) is 11.7. The first-order valence-electron chi connectivity index (χ1n) is 10.9. The predicted molar refractivity (Wildman–Crippen MR) is 132 cm³/mol. The van der Waals surface area contributed by atoms with Crippen molar-refractivity contribution >= 4 is 27.5 Å². The fourth-order valence-corrected chi connectivity index (χ4v) is 3.69. The molecule has 2 heterocycles. The summed E-state index contributed by atoms with van der Waals surface area (Å²) in [6.07, 6.45) is 4.77. The number of hydrogen-bond donors (Lipinski definition) is 1. The minimum atomic E-state index is -0.303. The molecular formula is C26H26BrN3O3. The minimum Gasteiger partial charge on any atom is -0.486 e. The van der Waals surface area contributed by atoms with Crippen LogP contribution in [0.4, 0.5) is 5.69 Å². The molecule has 0 aliphatic heterocycles. The SMILES string of the molecule is CCC(C)c1ccc(OCc2ccc(C(=O)Nc3ccc(Cn4cc(Br)cn4)cc3)o2)cc1. The van der Waals surface area contributed by atoms with E-state index in [1.807, 2.05) is 47.3 Å². The van der Waals surface area contributed by atoms with E-state index in [1.165, 1.54) is 5.56 Å². The molecule has 7 heteroatoms. The highest BCUT2D eigenvalue weighted by atomic mass is 79.9. The Hall–Kier alpha value is -3.32. The number of carbonyl (C=O) groups is 1. The van der Waals surface area contributed by atoms with E-state index in [9.17, 15) is 4.79 Å². The summed E-state index contributed by atoms with van der Waals surface area (Å²) >= 11 is 3.39. The van der Waals surface area contributed by atoms with Crippen LogP contribution >= 0.6 is 15.9 Å². The van der Waals surface area contributed by atoms with Crippen molar-refractivity contribution in [3.05, 3.63) is 100 Å². The number of ether oxygens (including phenoxy) is 1. The summed E-state index contributed by atoms with van der Waals surface area (Å²) in [6.45, 7) is 5.30. The lowest BCUT2D eigenvalue weighted by Crippen LogP contribution is -2.11. The maximum absolute atomic E-state index is 12.5. The molecule has 1 N–H and O–H groups in total. The van der Waals surface area contributed by atoms with Crippen LogP contribution in [0.1, 0.15) is 53.6 Å². The van der Waals surface area contributed by atoms with Gasteiger partial charge in [-0.15, -0.1) is 0 Å². The lowest BCUT2D eigenvalue weighted by Gasteiger charge is -2.10. The average molecular weight is 508 g/mol. The number of nitrogens with one attached hydrogen (secondary N) is 1. The van der Waals surface area contributed by atoms with E-state index in [0.29, 0.717) is 23.9 Å². The maximum Gasteiger partial charge on any atom is 0.291 e. The van der Waals surface area contributed by atoms with Gasteiger partial charge < -0.3 is 14.5 Å². The summed E-state index contributed by atoms with van der Waals surface area (Å²) in [7, 11) is 0. The molecule has 2 aromatic heterocycles. The second kappa shape index (κ2) is 10.5. The molecule has 170 valence electrons. The Balaban J connectivity index is 1.29. The number of halogens is 1. The Morgan fingerprint density at radius 3 is 2.55 bits per heavy atom. The van der Waals surface area contributed by atoms with Gasteiger partial charge in [-0.25, -0.2) is 0 Å². The topological polar surface area (TPSA) is 69.3 Å². The van der Waals surface area contributed by atoms with Crippen LogP contribution in [-0.4, -0.2) is 15.7 Å². The smallest absolute Gasteiger partial charge is 0.291 e. The molecule has 6 nitrogen and oxygen atoms in total. The van der Waals surface area contributed by atoms with Gasteiger partial charge in [-0.05, 0) is 75.8 Å². The van der Waals surface area contributed by atoms with Crippen LogP contribution in [-0.2, 0) is 13.2 Å². The Labute approximate surface area is 201 Å².